The molecule has 1 atom stereocenters. The van der Waals surface area contributed by atoms with E-state index < -0.39 is 0 Å². The summed E-state index contributed by atoms with van der Waals surface area (Å²) in [5.41, 5.74) is 4.66. The predicted octanol–water partition coefficient (Wildman–Crippen LogP) is 1.48. The van der Waals surface area contributed by atoms with Crippen LogP contribution in [0.15, 0.2) is 18.3 Å². The second-order valence-corrected chi connectivity index (χ2v) is 4.94. The molecule has 1 aliphatic heterocycles. The summed E-state index contributed by atoms with van der Waals surface area (Å²) in [6.45, 7) is 6.06. The lowest BCUT2D eigenvalue weighted by Crippen LogP contribution is -2.51. The third kappa shape index (κ3) is 3.12. The fourth-order valence-corrected chi connectivity index (χ4v) is 2.72. The molecule has 1 aliphatic rings. The van der Waals surface area contributed by atoms with Crippen molar-refractivity contribution in [2.75, 3.05) is 19.8 Å². The van der Waals surface area contributed by atoms with Gasteiger partial charge in [-0.2, -0.15) is 0 Å². The number of pyridine rings is 1. The van der Waals surface area contributed by atoms with Gasteiger partial charge in [-0.3, -0.25) is 16.3 Å². The zero-order valence-electron chi connectivity index (χ0n) is 11.7. The van der Waals surface area contributed by atoms with Gasteiger partial charge in [0, 0.05) is 44.6 Å². The third-order valence-corrected chi connectivity index (χ3v) is 3.73. The summed E-state index contributed by atoms with van der Waals surface area (Å²) in [5.74, 6) is 5.79. The summed E-state index contributed by atoms with van der Waals surface area (Å²) in [6, 6.07) is 3.99. The summed E-state index contributed by atoms with van der Waals surface area (Å²) in [4.78, 5) is 4.35. The number of hydrazine groups is 1. The van der Waals surface area contributed by atoms with E-state index >= 15 is 0 Å². The minimum atomic E-state index is -0.307. The van der Waals surface area contributed by atoms with Gasteiger partial charge >= 0.3 is 0 Å². The Morgan fingerprint density at radius 1 is 1.47 bits per heavy atom. The minimum Gasteiger partial charge on any atom is -0.381 e. The van der Waals surface area contributed by atoms with Crippen LogP contribution in [-0.2, 0) is 9.47 Å². The maximum Gasteiger partial charge on any atom is 0.0933 e. The average Bonchev–Trinajstić information content (AvgIpc) is 2.43. The van der Waals surface area contributed by atoms with Crippen molar-refractivity contribution >= 4 is 0 Å². The Morgan fingerprint density at radius 3 is 2.74 bits per heavy atom. The van der Waals surface area contributed by atoms with Crippen LogP contribution < -0.4 is 11.3 Å². The SMILES string of the molecule is CCOC1(C(NN)c2ccc(C)nc2)CCOCC1. The van der Waals surface area contributed by atoms with Gasteiger partial charge in [0.15, 0.2) is 0 Å². The predicted molar refractivity (Wildman–Crippen MR) is 73.4 cm³/mol. The highest BCUT2D eigenvalue weighted by Crippen LogP contribution is 2.37. The molecule has 1 saturated heterocycles. The van der Waals surface area contributed by atoms with Crippen molar-refractivity contribution < 1.29 is 9.47 Å². The van der Waals surface area contributed by atoms with Gasteiger partial charge in [0.05, 0.1) is 11.6 Å². The molecule has 1 unspecified atom stereocenters. The van der Waals surface area contributed by atoms with Crippen LogP contribution in [0.5, 0.6) is 0 Å². The second-order valence-electron chi connectivity index (χ2n) is 4.94. The van der Waals surface area contributed by atoms with E-state index in [1.54, 1.807) is 0 Å². The molecule has 0 bridgehead atoms. The van der Waals surface area contributed by atoms with Crippen LogP contribution in [-0.4, -0.2) is 30.4 Å². The number of nitrogens with one attached hydrogen (secondary N) is 1. The lowest BCUT2D eigenvalue weighted by molar-refractivity contribution is -0.128. The number of rotatable bonds is 5. The van der Waals surface area contributed by atoms with E-state index in [4.69, 9.17) is 15.3 Å². The summed E-state index contributed by atoms with van der Waals surface area (Å²) >= 11 is 0. The van der Waals surface area contributed by atoms with Gasteiger partial charge in [-0.1, -0.05) is 6.07 Å². The standard InChI is InChI=1S/C14H23N3O2/c1-3-19-14(6-8-18-9-7-14)13(17-15)12-5-4-11(2)16-10-12/h4-5,10,13,17H,3,6-9,15H2,1-2H3. The van der Waals surface area contributed by atoms with E-state index in [-0.39, 0.29) is 11.6 Å². The average molecular weight is 265 g/mol. The quantitative estimate of drug-likeness (QED) is 0.623. The first-order valence-electron chi connectivity index (χ1n) is 6.82. The highest BCUT2D eigenvalue weighted by molar-refractivity contribution is 5.21. The van der Waals surface area contributed by atoms with Gasteiger partial charge in [0.25, 0.3) is 0 Å². The molecule has 106 valence electrons. The lowest BCUT2D eigenvalue weighted by atomic mass is 9.83. The van der Waals surface area contributed by atoms with Gasteiger partial charge in [-0.25, -0.2) is 0 Å². The third-order valence-electron chi connectivity index (χ3n) is 3.73. The molecule has 0 radical (unpaired) electrons. The Hall–Kier alpha value is -1.01. The van der Waals surface area contributed by atoms with Crippen molar-refractivity contribution in [3.8, 4) is 0 Å². The van der Waals surface area contributed by atoms with E-state index in [0.717, 1.165) is 24.1 Å². The van der Waals surface area contributed by atoms with Crippen LogP contribution in [0.1, 0.15) is 37.1 Å². The summed E-state index contributed by atoms with van der Waals surface area (Å²) in [6.07, 6.45) is 3.54. The zero-order chi connectivity index (χ0) is 13.7. The van der Waals surface area contributed by atoms with Crippen molar-refractivity contribution in [2.45, 2.75) is 38.3 Å². The first kappa shape index (κ1) is 14.4. The number of nitrogens with two attached hydrogens (primary N) is 1. The monoisotopic (exact) mass is 265 g/mol. The van der Waals surface area contributed by atoms with Crippen molar-refractivity contribution in [3.05, 3.63) is 29.6 Å². The topological polar surface area (TPSA) is 69.4 Å². The van der Waals surface area contributed by atoms with Gasteiger partial charge in [-0.15, -0.1) is 0 Å². The van der Waals surface area contributed by atoms with Crippen LogP contribution in [0.3, 0.4) is 0 Å². The van der Waals surface area contributed by atoms with Crippen LogP contribution >= 0.6 is 0 Å². The molecule has 2 rings (SSSR count). The Balaban J connectivity index is 2.28. The molecular formula is C14H23N3O2. The van der Waals surface area contributed by atoms with Gasteiger partial charge in [0.2, 0.25) is 0 Å². The maximum atomic E-state index is 6.06. The van der Waals surface area contributed by atoms with Crippen LogP contribution in [0.4, 0.5) is 0 Å². The van der Waals surface area contributed by atoms with Crippen LogP contribution in [0.25, 0.3) is 0 Å². The van der Waals surface area contributed by atoms with Gasteiger partial charge in [0.1, 0.15) is 0 Å². The van der Waals surface area contributed by atoms with E-state index in [0.29, 0.717) is 19.8 Å². The largest absolute Gasteiger partial charge is 0.381 e. The molecule has 19 heavy (non-hydrogen) atoms. The fraction of sp³-hybridized carbons (Fsp3) is 0.643. The molecular weight excluding hydrogens is 242 g/mol. The highest BCUT2D eigenvalue weighted by Gasteiger charge is 2.41. The smallest absolute Gasteiger partial charge is 0.0933 e. The van der Waals surface area contributed by atoms with Crippen LogP contribution in [0, 0.1) is 6.92 Å². The number of hydrogen-bond donors (Lipinski definition) is 2. The number of ether oxygens (including phenoxy) is 2. The highest BCUT2D eigenvalue weighted by atomic mass is 16.5. The molecule has 0 amide bonds. The lowest BCUT2D eigenvalue weighted by Gasteiger charge is -2.42. The van der Waals surface area contributed by atoms with E-state index in [2.05, 4.69) is 16.5 Å². The van der Waals surface area contributed by atoms with E-state index in [1.165, 1.54) is 0 Å². The van der Waals surface area contributed by atoms with E-state index in [9.17, 15) is 0 Å². The molecule has 0 aliphatic carbocycles. The Labute approximate surface area is 114 Å². The molecule has 5 nitrogen and oxygen atoms in total. The molecule has 5 heteroatoms. The van der Waals surface area contributed by atoms with Crippen molar-refractivity contribution in [1.29, 1.82) is 0 Å². The van der Waals surface area contributed by atoms with Crippen molar-refractivity contribution in [2.24, 2.45) is 5.84 Å². The van der Waals surface area contributed by atoms with Crippen molar-refractivity contribution in [3.63, 3.8) is 0 Å². The molecule has 1 fully saturated rings. The molecule has 0 saturated carbocycles. The molecule has 3 N–H and O–H groups in total. The molecule has 1 aromatic rings. The van der Waals surface area contributed by atoms with Gasteiger partial charge in [-0.05, 0) is 25.5 Å². The first-order chi connectivity index (χ1) is 9.22. The number of aromatic nitrogens is 1. The molecule has 2 heterocycles. The summed E-state index contributed by atoms with van der Waals surface area (Å²) < 4.78 is 11.5. The Morgan fingerprint density at radius 2 is 2.21 bits per heavy atom. The Kier molecular flexibility index (Phi) is 4.87. The van der Waals surface area contributed by atoms with Crippen molar-refractivity contribution in [1.82, 2.24) is 10.4 Å². The van der Waals surface area contributed by atoms with E-state index in [1.807, 2.05) is 26.1 Å². The van der Waals surface area contributed by atoms with Crippen LogP contribution in [0.2, 0.25) is 0 Å². The molecule has 0 spiro atoms. The maximum absolute atomic E-state index is 6.06. The number of aryl methyl sites for hydroxylation is 1. The number of nitrogens with zero attached hydrogens (tertiary/aromatic N) is 1. The Bertz CT molecular complexity index is 383. The summed E-state index contributed by atoms with van der Waals surface area (Å²) in [7, 11) is 0. The second kappa shape index (κ2) is 6.43. The molecule has 0 aromatic carbocycles. The summed E-state index contributed by atoms with van der Waals surface area (Å²) in [5, 5.41) is 0. The van der Waals surface area contributed by atoms with Gasteiger partial charge < -0.3 is 9.47 Å². The number of hydrogen-bond acceptors (Lipinski definition) is 5. The first-order valence-corrected chi connectivity index (χ1v) is 6.82. The minimum absolute atomic E-state index is 0.0653. The fourth-order valence-electron chi connectivity index (χ4n) is 2.72. The normalized spacial score (nSPS) is 20.2. The molecule has 1 aromatic heterocycles. The zero-order valence-corrected chi connectivity index (χ0v) is 11.7.